The molecule has 7 nitrogen and oxygen atoms in total. The third-order valence-corrected chi connectivity index (χ3v) is 4.16. The van der Waals surface area contributed by atoms with Gasteiger partial charge in [0.15, 0.2) is 17.3 Å². The van der Waals surface area contributed by atoms with E-state index in [1.807, 2.05) is 0 Å². The van der Waals surface area contributed by atoms with Gasteiger partial charge in [-0.2, -0.15) is 0 Å². The third kappa shape index (κ3) is 2.67. The molecule has 0 saturated heterocycles. The van der Waals surface area contributed by atoms with Crippen LogP contribution in [-0.4, -0.2) is 45.3 Å². The normalized spacial score (nSPS) is 12.8. The second-order valence-corrected chi connectivity index (χ2v) is 5.55. The van der Waals surface area contributed by atoms with Gasteiger partial charge in [0.25, 0.3) is 11.7 Å². The fraction of sp³-hybridized carbons (Fsp3) is 0.211. The number of benzene rings is 2. The van der Waals surface area contributed by atoms with Crippen molar-refractivity contribution in [1.29, 1.82) is 0 Å². The van der Waals surface area contributed by atoms with Gasteiger partial charge in [-0.05, 0) is 0 Å². The monoisotopic (exact) mass is 355 g/mol. The van der Waals surface area contributed by atoms with Gasteiger partial charge >= 0.3 is 0 Å². The van der Waals surface area contributed by atoms with Crippen molar-refractivity contribution >= 4 is 23.2 Å². The number of carbonyl (C=O) groups excluding carboxylic acids is 3. The van der Waals surface area contributed by atoms with Crippen LogP contribution in [0.1, 0.15) is 20.7 Å². The second kappa shape index (κ2) is 6.87. The molecule has 0 fully saturated rings. The van der Waals surface area contributed by atoms with Crippen LogP contribution in [0.5, 0.6) is 17.2 Å². The molecule has 1 heterocycles. The molecule has 2 aromatic carbocycles. The summed E-state index contributed by atoms with van der Waals surface area (Å²) in [5.41, 5.74) is 0.781. The molecule has 0 bridgehead atoms. The summed E-state index contributed by atoms with van der Waals surface area (Å²) in [5, 5.41) is 0. The minimum absolute atomic E-state index is 0.0658. The highest BCUT2D eigenvalue weighted by atomic mass is 16.5. The third-order valence-electron chi connectivity index (χ3n) is 4.16. The number of nitrogens with zero attached hydrogens (tertiary/aromatic N) is 1. The number of carbonyl (C=O) groups is 3. The predicted molar refractivity (Wildman–Crippen MR) is 93.6 cm³/mol. The highest BCUT2D eigenvalue weighted by Gasteiger charge is 2.42. The smallest absolute Gasteiger partial charge is 0.300 e. The number of methoxy groups -OCH3 is 3. The number of rotatable bonds is 6. The Morgan fingerprint density at radius 2 is 1.62 bits per heavy atom. The fourth-order valence-electron chi connectivity index (χ4n) is 2.93. The number of ether oxygens (including phenoxy) is 3. The molecule has 134 valence electrons. The minimum atomic E-state index is -0.794. The molecule has 0 aromatic heterocycles. The molecule has 1 aliphatic heterocycles. The molecule has 26 heavy (non-hydrogen) atoms. The summed E-state index contributed by atoms with van der Waals surface area (Å²) in [6.45, 7) is -0.264. The summed E-state index contributed by atoms with van der Waals surface area (Å²) in [6.07, 6.45) is 0. The fourth-order valence-corrected chi connectivity index (χ4v) is 2.93. The number of amides is 1. The van der Waals surface area contributed by atoms with E-state index in [1.165, 1.54) is 27.4 Å². The Balaban J connectivity index is 2.08. The Bertz CT molecular complexity index is 891. The highest BCUT2D eigenvalue weighted by Crippen LogP contribution is 2.47. The lowest BCUT2D eigenvalue weighted by atomic mass is 10.1. The summed E-state index contributed by atoms with van der Waals surface area (Å²) in [5.74, 6) is -1.21. The Hall–Kier alpha value is -3.35. The lowest BCUT2D eigenvalue weighted by Crippen LogP contribution is -2.34. The van der Waals surface area contributed by atoms with E-state index in [-0.39, 0.29) is 35.1 Å². The molecule has 3 rings (SSSR count). The van der Waals surface area contributed by atoms with Gasteiger partial charge in [-0.15, -0.1) is 0 Å². The molecular formula is C19H17NO6. The zero-order chi connectivity index (χ0) is 18.8. The van der Waals surface area contributed by atoms with Crippen LogP contribution < -0.4 is 19.1 Å². The van der Waals surface area contributed by atoms with Crippen LogP contribution in [0.2, 0.25) is 0 Å². The molecule has 0 unspecified atom stereocenters. The highest BCUT2D eigenvalue weighted by molar-refractivity contribution is 6.53. The minimum Gasteiger partial charge on any atom is -0.493 e. The Morgan fingerprint density at radius 1 is 0.962 bits per heavy atom. The standard InChI is InChI=1S/C19H17NO6/c1-24-14-9-12-15(18(26-3)17(14)25-2)16(22)19(23)20(12)10-13(21)11-7-5-4-6-8-11/h4-9H,10H2,1-3H3. The van der Waals surface area contributed by atoms with E-state index in [0.717, 1.165) is 4.90 Å². The van der Waals surface area contributed by atoms with Gasteiger partial charge in [-0.1, -0.05) is 30.3 Å². The van der Waals surface area contributed by atoms with E-state index < -0.39 is 11.7 Å². The van der Waals surface area contributed by atoms with Gasteiger partial charge < -0.3 is 14.2 Å². The molecule has 0 atom stereocenters. The van der Waals surface area contributed by atoms with Gasteiger partial charge in [0, 0.05) is 11.6 Å². The van der Waals surface area contributed by atoms with Gasteiger partial charge in [-0.3, -0.25) is 19.3 Å². The van der Waals surface area contributed by atoms with Crippen molar-refractivity contribution in [3.05, 3.63) is 47.5 Å². The quantitative estimate of drug-likeness (QED) is 0.583. The molecule has 0 aliphatic carbocycles. The Labute approximate surface area is 150 Å². The van der Waals surface area contributed by atoms with Crippen LogP contribution in [0.15, 0.2) is 36.4 Å². The van der Waals surface area contributed by atoms with Crippen molar-refractivity contribution < 1.29 is 28.6 Å². The summed E-state index contributed by atoms with van der Waals surface area (Å²) < 4.78 is 15.8. The molecule has 0 saturated carbocycles. The second-order valence-electron chi connectivity index (χ2n) is 5.55. The van der Waals surface area contributed by atoms with Crippen LogP contribution in [0.25, 0.3) is 0 Å². The van der Waals surface area contributed by atoms with Gasteiger partial charge in [-0.25, -0.2) is 0 Å². The number of ketones is 2. The maximum atomic E-state index is 12.5. The van der Waals surface area contributed by atoms with Crippen LogP contribution in [0.3, 0.4) is 0 Å². The van der Waals surface area contributed by atoms with E-state index in [1.54, 1.807) is 30.3 Å². The van der Waals surface area contributed by atoms with E-state index in [4.69, 9.17) is 14.2 Å². The molecule has 0 spiro atoms. The first-order valence-electron chi connectivity index (χ1n) is 7.80. The number of anilines is 1. The van der Waals surface area contributed by atoms with E-state index in [2.05, 4.69) is 0 Å². The van der Waals surface area contributed by atoms with Crippen molar-refractivity contribution in [3.8, 4) is 17.2 Å². The predicted octanol–water partition coefficient (Wildman–Crippen LogP) is 2.12. The van der Waals surface area contributed by atoms with Crippen LogP contribution >= 0.6 is 0 Å². The Morgan fingerprint density at radius 3 is 2.19 bits per heavy atom. The van der Waals surface area contributed by atoms with Crippen molar-refractivity contribution in [1.82, 2.24) is 0 Å². The maximum Gasteiger partial charge on any atom is 0.300 e. The van der Waals surface area contributed by atoms with E-state index >= 15 is 0 Å². The first-order chi connectivity index (χ1) is 12.5. The average Bonchev–Trinajstić information content (AvgIpc) is 2.91. The summed E-state index contributed by atoms with van der Waals surface area (Å²) in [6, 6.07) is 10.1. The van der Waals surface area contributed by atoms with Crippen molar-refractivity contribution in [2.45, 2.75) is 0 Å². The largest absolute Gasteiger partial charge is 0.493 e. The van der Waals surface area contributed by atoms with Crippen molar-refractivity contribution in [2.24, 2.45) is 0 Å². The lowest BCUT2D eigenvalue weighted by molar-refractivity contribution is -0.114. The number of hydrogen-bond donors (Lipinski definition) is 0. The molecule has 1 amide bonds. The number of fused-ring (bicyclic) bond motifs is 1. The Kier molecular flexibility index (Phi) is 4.62. The van der Waals surface area contributed by atoms with Gasteiger partial charge in [0.2, 0.25) is 5.75 Å². The van der Waals surface area contributed by atoms with Crippen LogP contribution in [-0.2, 0) is 4.79 Å². The van der Waals surface area contributed by atoms with E-state index in [9.17, 15) is 14.4 Å². The summed E-state index contributed by atoms with van der Waals surface area (Å²) >= 11 is 0. The van der Waals surface area contributed by atoms with Crippen molar-refractivity contribution in [3.63, 3.8) is 0 Å². The summed E-state index contributed by atoms with van der Waals surface area (Å²) in [7, 11) is 4.21. The SMILES string of the molecule is COc1cc2c(c(OC)c1OC)C(=O)C(=O)N2CC(=O)c1ccccc1. The maximum absolute atomic E-state index is 12.5. The molecule has 2 aromatic rings. The zero-order valence-electron chi connectivity index (χ0n) is 14.6. The van der Waals surface area contributed by atoms with E-state index in [0.29, 0.717) is 11.3 Å². The van der Waals surface area contributed by atoms with Gasteiger partial charge in [0.1, 0.15) is 0 Å². The zero-order valence-corrected chi connectivity index (χ0v) is 14.6. The van der Waals surface area contributed by atoms with Gasteiger partial charge in [0.05, 0.1) is 39.1 Å². The van der Waals surface area contributed by atoms with Crippen LogP contribution in [0, 0.1) is 0 Å². The molecule has 7 heteroatoms. The van der Waals surface area contributed by atoms with Crippen LogP contribution in [0.4, 0.5) is 5.69 Å². The first kappa shape index (κ1) is 17.5. The average molecular weight is 355 g/mol. The molecule has 0 radical (unpaired) electrons. The topological polar surface area (TPSA) is 82.1 Å². The van der Waals surface area contributed by atoms with Crippen molar-refractivity contribution in [2.75, 3.05) is 32.8 Å². The molecule has 0 N–H and O–H groups in total. The number of hydrogen-bond acceptors (Lipinski definition) is 6. The first-order valence-corrected chi connectivity index (χ1v) is 7.80. The lowest BCUT2D eigenvalue weighted by Gasteiger charge is -2.19. The number of Topliss-reactive ketones (excluding diaryl/α,β-unsaturated/α-hetero) is 2. The molecule has 1 aliphatic rings. The summed E-state index contributed by atoms with van der Waals surface area (Å²) in [4.78, 5) is 38.6. The molecular weight excluding hydrogens is 338 g/mol.